The van der Waals surface area contributed by atoms with Crippen LogP contribution in [0.3, 0.4) is 0 Å². The van der Waals surface area contributed by atoms with Crippen LogP contribution < -0.4 is 10.1 Å². The summed E-state index contributed by atoms with van der Waals surface area (Å²) in [7, 11) is 0. The standard InChI is InChI=1S/C20H21N3O4/c1-2-27-16-8-6-14(7-9-16)11-15(20(25)26)12-21-19(24)17-13-23-10-4-3-5-18(23)22-17/h3-10,13,15H,2,11-12H2,1H3,(H,21,24)(H,25,26). The lowest BCUT2D eigenvalue weighted by Gasteiger charge is -2.13. The molecule has 1 aromatic carbocycles. The van der Waals surface area contributed by atoms with E-state index in [-0.39, 0.29) is 12.2 Å². The van der Waals surface area contributed by atoms with Crippen molar-refractivity contribution in [2.24, 2.45) is 5.92 Å². The van der Waals surface area contributed by atoms with Crippen LogP contribution in [0.1, 0.15) is 23.0 Å². The van der Waals surface area contributed by atoms with Crippen LogP contribution in [0, 0.1) is 5.92 Å². The molecule has 2 aromatic heterocycles. The van der Waals surface area contributed by atoms with Crippen LogP contribution in [-0.2, 0) is 11.2 Å². The quantitative estimate of drug-likeness (QED) is 0.638. The zero-order chi connectivity index (χ0) is 19.2. The maximum absolute atomic E-state index is 12.3. The second kappa shape index (κ2) is 8.35. The van der Waals surface area contributed by atoms with Crippen molar-refractivity contribution in [2.45, 2.75) is 13.3 Å². The molecule has 0 aliphatic rings. The number of rotatable bonds is 8. The lowest BCUT2D eigenvalue weighted by Crippen LogP contribution is -2.34. The molecule has 0 saturated heterocycles. The van der Waals surface area contributed by atoms with E-state index in [2.05, 4.69) is 10.3 Å². The summed E-state index contributed by atoms with van der Waals surface area (Å²) in [4.78, 5) is 28.1. The Kier molecular flexibility index (Phi) is 5.71. The number of ether oxygens (including phenoxy) is 1. The third kappa shape index (κ3) is 4.63. The van der Waals surface area contributed by atoms with E-state index >= 15 is 0 Å². The van der Waals surface area contributed by atoms with Crippen molar-refractivity contribution in [1.29, 1.82) is 0 Å². The van der Waals surface area contributed by atoms with Gasteiger partial charge in [0.2, 0.25) is 0 Å². The third-order valence-corrected chi connectivity index (χ3v) is 4.17. The highest BCUT2D eigenvalue weighted by atomic mass is 16.5. The summed E-state index contributed by atoms with van der Waals surface area (Å²) >= 11 is 0. The fourth-order valence-corrected chi connectivity index (χ4v) is 2.77. The van der Waals surface area contributed by atoms with Gasteiger partial charge in [0.1, 0.15) is 17.1 Å². The van der Waals surface area contributed by atoms with Gasteiger partial charge in [0.05, 0.1) is 12.5 Å². The first-order valence-corrected chi connectivity index (χ1v) is 8.73. The van der Waals surface area contributed by atoms with E-state index in [1.807, 2.05) is 43.3 Å². The highest BCUT2D eigenvalue weighted by molar-refractivity contribution is 5.93. The van der Waals surface area contributed by atoms with Gasteiger partial charge in [-0.25, -0.2) is 4.98 Å². The van der Waals surface area contributed by atoms with Crippen LogP contribution in [0.5, 0.6) is 5.75 Å². The Morgan fingerprint density at radius 2 is 2.00 bits per heavy atom. The van der Waals surface area contributed by atoms with Gasteiger partial charge < -0.3 is 19.6 Å². The fourth-order valence-electron chi connectivity index (χ4n) is 2.77. The lowest BCUT2D eigenvalue weighted by atomic mass is 9.99. The maximum Gasteiger partial charge on any atom is 0.308 e. The number of amides is 1. The average molecular weight is 367 g/mol. The Bertz CT molecular complexity index is 901. The first-order chi connectivity index (χ1) is 13.1. The Hall–Kier alpha value is -3.35. The third-order valence-electron chi connectivity index (χ3n) is 4.17. The predicted molar refractivity (Wildman–Crippen MR) is 100.0 cm³/mol. The highest BCUT2D eigenvalue weighted by Gasteiger charge is 2.20. The van der Waals surface area contributed by atoms with Gasteiger partial charge in [-0.05, 0) is 43.2 Å². The van der Waals surface area contributed by atoms with E-state index < -0.39 is 17.8 Å². The molecule has 0 spiro atoms. The molecule has 2 N–H and O–H groups in total. The number of benzene rings is 1. The fraction of sp³-hybridized carbons (Fsp3) is 0.250. The van der Waals surface area contributed by atoms with Crippen molar-refractivity contribution in [1.82, 2.24) is 14.7 Å². The molecule has 0 saturated carbocycles. The molecule has 2 heterocycles. The van der Waals surface area contributed by atoms with E-state index in [4.69, 9.17) is 4.74 Å². The van der Waals surface area contributed by atoms with Crippen molar-refractivity contribution in [3.63, 3.8) is 0 Å². The number of hydrogen-bond donors (Lipinski definition) is 2. The summed E-state index contributed by atoms with van der Waals surface area (Å²) in [6.07, 6.45) is 3.73. The lowest BCUT2D eigenvalue weighted by molar-refractivity contribution is -0.141. The van der Waals surface area contributed by atoms with E-state index in [0.29, 0.717) is 18.7 Å². The molecular formula is C20H21N3O4. The predicted octanol–water partition coefficient (Wildman–Crippen LogP) is 2.41. The second-order valence-corrected chi connectivity index (χ2v) is 6.12. The monoisotopic (exact) mass is 367 g/mol. The number of carboxylic acid groups (broad SMARTS) is 1. The Balaban J connectivity index is 1.62. The molecule has 0 fully saturated rings. The Morgan fingerprint density at radius 1 is 1.22 bits per heavy atom. The van der Waals surface area contributed by atoms with Crippen LogP contribution >= 0.6 is 0 Å². The Labute approximate surface area is 156 Å². The molecule has 1 amide bonds. The van der Waals surface area contributed by atoms with Crippen molar-refractivity contribution in [3.05, 3.63) is 66.1 Å². The molecule has 0 radical (unpaired) electrons. The minimum atomic E-state index is -0.959. The van der Waals surface area contributed by atoms with Gasteiger partial charge in [0.25, 0.3) is 5.91 Å². The summed E-state index contributed by atoms with van der Waals surface area (Å²) in [5.41, 5.74) is 1.78. The molecule has 0 bridgehead atoms. The van der Waals surface area contributed by atoms with Crippen LogP contribution in [0.25, 0.3) is 5.65 Å². The average Bonchev–Trinajstić information content (AvgIpc) is 3.10. The largest absolute Gasteiger partial charge is 0.494 e. The van der Waals surface area contributed by atoms with Gasteiger partial charge >= 0.3 is 5.97 Å². The van der Waals surface area contributed by atoms with Crippen molar-refractivity contribution in [2.75, 3.05) is 13.2 Å². The summed E-state index contributed by atoms with van der Waals surface area (Å²) in [6, 6.07) is 12.8. The topological polar surface area (TPSA) is 92.9 Å². The molecular weight excluding hydrogens is 346 g/mol. The van der Waals surface area contributed by atoms with E-state index in [1.165, 1.54) is 0 Å². The number of hydrogen-bond acceptors (Lipinski definition) is 4. The minimum absolute atomic E-state index is 0.0231. The number of fused-ring (bicyclic) bond motifs is 1. The number of pyridine rings is 1. The van der Waals surface area contributed by atoms with Crippen LogP contribution in [0.2, 0.25) is 0 Å². The molecule has 7 heteroatoms. The summed E-state index contributed by atoms with van der Waals surface area (Å²) in [5, 5.41) is 12.1. The summed E-state index contributed by atoms with van der Waals surface area (Å²) < 4.78 is 7.12. The number of carbonyl (C=O) groups excluding carboxylic acids is 1. The number of imidazole rings is 1. The molecule has 0 aliphatic carbocycles. The van der Waals surface area contributed by atoms with Crippen LogP contribution in [0.4, 0.5) is 0 Å². The summed E-state index contributed by atoms with van der Waals surface area (Å²) in [5.74, 6) is -1.34. The molecule has 1 unspecified atom stereocenters. The number of nitrogens with zero attached hydrogens (tertiary/aromatic N) is 2. The van der Waals surface area contributed by atoms with Gasteiger partial charge in [-0.15, -0.1) is 0 Å². The van der Waals surface area contributed by atoms with Gasteiger partial charge in [0.15, 0.2) is 0 Å². The minimum Gasteiger partial charge on any atom is -0.494 e. The number of nitrogens with one attached hydrogen (secondary N) is 1. The van der Waals surface area contributed by atoms with Crippen LogP contribution in [0.15, 0.2) is 54.9 Å². The number of aromatic nitrogens is 2. The molecule has 3 rings (SSSR count). The first-order valence-electron chi connectivity index (χ1n) is 8.73. The molecule has 27 heavy (non-hydrogen) atoms. The molecule has 3 aromatic rings. The summed E-state index contributed by atoms with van der Waals surface area (Å²) in [6.45, 7) is 2.50. The molecule has 7 nitrogen and oxygen atoms in total. The van der Waals surface area contributed by atoms with Gasteiger partial charge in [0, 0.05) is 18.9 Å². The molecule has 0 aliphatic heterocycles. The SMILES string of the molecule is CCOc1ccc(CC(CNC(=O)c2cn3ccccc3n2)C(=O)O)cc1. The van der Waals surface area contributed by atoms with Crippen molar-refractivity contribution >= 4 is 17.5 Å². The number of carboxylic acids is 1. The number of carbonyl (C=O) groups is 2. The van der Waals surface area contributed by atoms with Gasteiger partial charge in [-0.3, -0.25) is 9.59 Å². The van der Waals surface area contributed by atoms with Gasteiger partial charge in [-0.2, -0.15) is 0 Å². The molecule has 140 valence electrons. The smallest absolute Gasteiger partial charge is 0.308 e. The van der Waals surface area contributed by atoms with Crippen molar-refractivity contribution < 1.29 is 19.4 Å². The number of aliphatic carboxylic acids is 1. The Morgan fingerprint density at radius 3 is 2.67 bits per heavy atom. The van der Waals surface area contributed by atoms with E-state index in [9.17, 15) is 14.7 Å². The zero-order valence-corrected chi connectivity index (χ0v) is 15.0. The first kappa shape index (κ1) is 18.4. The zero-order valence-electron chi connectivity index (χ0n) is 15.0. The van der Waals surface area contributed by atoms with Gasteiger partial charge in [-0.1, -0.05) is 18.2 Å². The maximum atomic E-state index is 12.3. The van der Waals surface area contributed by atoms with E-state index in [0.717, 1.165) is 11.3 Å². The second-order valence-electron chi connectivity index (χ2n) is 6.12. The normalized spacial score (nSPS) is 11.9. The van der Waals surface area contributed by atoms with Crippen molar-refractivity contribution in [3.8, 4) is 5.75 Å². The van der Waals surface area contributed by atoms with Crippen LogP contribution in [-0.4, -0.2) is 39.5 Å². The highest BCUT2D eigenvalue weighted by Crippen LogP contribution is 2.15. The molecule has 1 atom stereocenters. The van der Waals surface area contributed by atoms with E-state index in [1.54, 1.807) is 22.9 Å².